The number of nitrogens with zero attached hydrogens (tertiary/aromatic N) is 2. The van der Waals surface area contributed by atoms with Gasteiger partial charge in [0.1, 0.15) is 0 Å². The van der Waals surface area contributed by atoms with Crippen molar-refractivity contribution in [2.45, 2.75) is 40.0 Å². The highest BCUT2D eigenvalue weighted by Gasteiger charge is 2.36. The molecular formula is C21H31Cl2N3O2. The summed E-state index contributed by atoms with van der Waals surface area (Å²) in [4.78, 5) is 29.3. The molecule has 156 valence electrons. The van der Waals surface area contributed by atoms with Crippen molar-refractivity contribution in [1.29, 1.82) is 0 Å². The number of carbonyl (C=O) groups excluding carboxylic acids is 2. The van der Waals surface area contributed by atoms with Crippen LogP contribution in [-0.2, 0) is 9.59 Å². The Balaban J connectivity index is 2.09. The number of piperazine rings is 1. The van der Waals surface area contributed by atoms with Crippen molar-refractivity contribution < 1.29 is 9.59 Å². The normalized spacial score (nSPS) is 16.9. The number of nitrogens with two attached hydrogens (primary N) is 1. The molecule has 1 aliphatic rings. The lowest BCUT2D eigenvalue weighted by Gasteiger charge is -2.39. The summed E-state index contributed by atoms with van der Waals surface area (Å²) in [5.74, 6) is -0.736. The standard InChI is InChI=1S/C21H31Cl2N3O2/c1-4-5-18(20(24)27)19(10-14(2)3)21(28)26-8-6-25(7-9-26)17-12-15(22)11-16(23)13-17/h11-14,18-19H,4-10H2,1-3H3,(H2,24,27)/t18-,19+/m0/s1. The highest BCUT2D eigenvalue weighted by atomic mass is 35.5. The van der Waals surface area contributed by atoms with Gasteiger partial charge in [-0.2, -0.15) is 0 Å². The van der Waals surface area contributed by atoms with E-state index in [1.54, 1.807) is 6.07 Å². The summed E-state index contributed by atoms with van der Waals surface area (Å²) in [6, 6.07) is 5.48. The first-order valence-corrected chi connectivity index (χ1v) is 10.8. The van der Waals surface area contributed by atoms with Crippen molar-refractivity contribution in [1.82, 2.24) is 4.90 Å². The summed E-state index contributed by atoms with van der Waals surface area (Å²) in [7, 11) is 0. The molecule has 0 radical (unpaired) electrons. The molecule has 0 aliphatic carbocycles. The van der Waals surface area contributed by atoms with Crippen LogP contribution < -0.4 is 10.6 Å². The van der Waals surface area contributed by atoms with Gasteiger partial charge in [0.2, 0.25) is 11.8 Å². The lowest BCUT2D eigenvalue weighted by Crippen LogP contribution is -2.52. The maximum absolute atomic E-state index is 13.3. The SMILES string of the molecule is CCC[C@H](C(N)=O)[C@@H](CC(C)C)C(=O)N1CCN(c2cc(Cl)cc(Cl)c2)CC1. The Labute approximate surface area is 178 Å². The Morgan fingerprint density at radius 1 is 1.04 bits per heavy atom. The molecule has 0 spiro atoms. The number of rotatable bonds is 8. The van der Waals surface area contributed by atoms with Gasteiger partial charge >= 0.3 is 0 Å². The fraction of sp³-hybridized carbons (Fsp3) is 0.619. The molecule has 2 atom stereocenters. The van der Waals surface area contributed by atoms with Crippen LogP contribution >= 0.6 is 23.2 Å². The second kappa shape index (κ2) is 10.4. The van der Waals surface area contributed by atoms with Crippen LogP contribution in [0.3, 0.4) is 0 Å². The largest absolute Gasteiger partial charge is 0.369 e. The van der Waals surface area contributed by atoms with Gasteiger partial charge in [0.05, 0.1) is 0 Å². The van der Waals surface area contributed by atoms with Crippen LogP contribution in [-0.4, -0.2) is 42.9 Å². The maximum Gasteiger partial charge on any atom is 0.226 e. The molecule has 1 aromatic carbocycles. The zero-order valence-electron chi connectivity index (χ0n) is 17.0. The van der Waals surface area contributed by atoms with Crippen molar-refractivity contribution >= 4 is 40.7 Å². The third-order valence-electron chi connectivity index (χ3n) is 5.30. The van der Waals surface area contributed by atoms with E-state index < -0.39 is 5.92 Å². The van der Waals surface area contributed by atoms with Crippen LogP contribution in [0.1, 0.15) is 40.0 Å². The maximum atomic E-state index is 13.3. The molecule has 1 aliphatic heterocycles. The van der Waals surface area contributed by atoms with Crippen LogP contribution in [0, 0.1) is 17.8 Å². The molecule has 1 fully saturated rings. The Hall–Kier alpha value is -1.46. The minimum Gasteiger partial charge on any atom is -0.369 e. The minimum atomic E-state index is -0.398. The molecule has 1 saturated heterocycles. The Bertz CT molecular complexity index is 668. The van der Waals surface area contributed by atoms with Crippen molar-refractivity contribution in [3.8, 4) is 0 Å². The number of hydrogen-bond donors (Lipinski definition) is 1. The number of amides is 2. The zero-order valence-corrected chi connectivity index (χ0v) is 18.5. The highest BCUT2D eigenvalue weighted by molar-refractivity contribution is 6.35. The molecule has 5 nitrogen and oxygen atoms in total. The van der Waals surface area contributed by atoms with Gasteiger partial charge < -0.3 is 15.5 Å². The quantitative estimate of drug-likeness (QED) is 0.675. The first-order chi connectivity index (χ1) is 13.2. The van der Waals surface area contributed by atoms with Crippen LogP contribution in [0.5, 0.6) is 0 Å². The van der Waals surface area contributed by atoms with E-state index in [1.807, 2.05) is 24.0 Å². The molecule has 2 N–H and O–H groups in total. The van der Waals surface area contributed by atoms with E-state index in [1.165, 1.54) is 0 Å². The first-order valence-electron chi connectivity index (χ1n) is 10.0. The summed E-state index contributed by atoms with van der Waals surface area (Å²) >= 11 is 12.2. The Morgan fingerprint density at radius 3 is 2.07 bits per heavy atom. The molecule has 0 unspecified atom stereocenters. The van der Waals surface area contributed by atoms with Crippen molar-refractivity contribution in [2.24, 2.45) is 23.5 Å². The molecule has 1 aromatic rings. The number of halogens is 2. The lowest BCUT2D eigenvalue weighted by atomic mass is 9.81. The summed E-state index contributed by atoms with van der Waals surface area (Å²) in [6.07, 6.45) is 2.16. The molecule has 0 bridgehead atoms. The number of anilines is 1. The van der Waals surface area contributed by atoms with E-state index in [0.717, 1.165) is 12.1 Å². The van der Waals surface area contributed by atoms with Crippen molar-refractivity contribution in [2.75, 3.05) is 31.1 Å². The lowest BCUT2D eigenvalue weighted by molar-refractivity contribution is -0.142. The van der Waals surface area contributed by atoms with Crippen LogP contribution in [0.25, 0.3) is 0 Å². The van der Waals surface area contributed by atoms with E-state index >= 15 is 0 Å². The van der Waals surface area contributed by atoms with Gasteiger partial charge in [0, 0.05) is 53.7 Å². The van der Waals surface area contributed by atoms with Crippen LogP contribution in [0.2, 0.25) is 10.0 Å². The molecule has 2 amide bonds. The number of benzene rings is 1. The number of carbonyl (C=O) groups is 2. The van der Waals surface area contributed by atoms with Gasteiger partial charge in [-0.25, -0.2) is 0 Å². The molecule has 0 aromatic heterocycles. The Kier molecular flexibility index (Phi) is 8.44. The number of primary amides is 1. The average Bonchev–Trinajstić information content (AvgIpc) is 2.63. The Morgan fingerprint density at radius 2 is 1.61 bits per heavy atom. The van der Waals surface area contributed by atoms with Gasteiger partial charge in [0.15, 0.2) is 0 Å². The first kappa shape index (κ1) is 22.8. The summed E-state index contributed by atoms with van der Waals surface area (Å²) < 4.78 is 0. The molecule has 0 saturated carbocycles. The monoisotopic (exact) mass is 427 g/mol. The molecule has 2 rings (SSSR count). The molecule has 1 heterocycles. The summed E-state index contributed by atoms with van der Waals surface area (Å²) in [5, 5.41) is 1.20. The second-order valence-electron chi connectivity index (χ2n) is 7.97. The summed E-state index contributed by atoms with van der Waals surface area (Å²) in [6.45, 7) is 8.78. The third kappa shape index (κ3) is 6.02. The van der Waals surface area contributed by atoms with Gasteiger partial charge in [-0.05, 0) is 37.0 Å². The third-order valence-corrected chi connectivity index (χ3v) is 5.73. The molecule has 28 heavy (non-hydrogen) atoms. The second-order valence-corrected chi connectivity index (χ2v) is 8.85. The van der Waals surface area contributed by atoms with Gasteiger partial charge in [-0.15, -0.1) is 0 Å². The zero-order chi connectivity index (χ0) is 20.8. The van der Waals surface area contributed by atoms with E-state index in [0.29, 0.717) is 55.0 Å². The van der Waals surface area contributed by atoms with E-state index in [9.17, 15) is 9.59 Å². The van der Waals surface area contributed by atoms with E-state index in [-0.39, 0.29) is 17.7 Å². The van der Waals surface area contributed by atoms with E-state index in [4.69, 9.17) is 28.9 Å². The predicted octanol–water partition coefficient (Wildman–Crippen LogP) is 4.21. The van der Waals surface area contributed by atoms with Crippen LogP contribution in [0.4, 0.5) is 5.69 Å². The fourth-order valence-electron chi connectivity index (χ4n) is 3.94. The topological polar surface area (TPSA) is 66.6 Å². The van der Waals surface area contributed by atoms with Crippen molar-refractivity contribution in [3.05, 3.63) is 28.2 Å². The van der Waals surface area contributed by atoms with Gasteiger partial charge in [0.25, 0.3) is 0 Å². The molecular weight excluding hydrogens is 397 g/mol. The van der Waals surface area contributed by atoms with Gasteiger partial charge in [-0.3, -0.25) is 9.59 Å². The van der Waals surface area contributed by atoms with Crippen LogP contribution in [0.15, 0.2) is 18.2 Å². The molecule has 7 heteroatoms. The minimum absolute atomic E-state index is 0.0507. The fourth-order valence-corrected chi connectivity index (χ4v) is 4.45. The average molecular weight is 428 g/mol. The predicted molar refractivity (Wildman–Crippen MR) is 116 cm³/mol. The number of hydrogen-bond acceptors (Lipinski definition) is 3. The smallest absolute Gasteiger partial charge is 0.226 e. The van der Waals surface area contributed by atoms with E-state index in [2.05, 4.69) is 18.7 Å². The van der Waals surface area contributed by atoms with Gasteiger partial charge in [-0.1, -0.05) is 50.4 Å². The highest BCUT2D eigenvalue weighted by Crippen LogP contribution is 2.29. The van der Waals surface area contributed by atoms with Crippen molar-refractivity contribution in [3.63, 3.8) is 0 Å². The summed E-state index contributed by atoms with van der Waals surface area (Å²) in [5.41, 5.74) is 6.61.